The molecule has 0 saturated carbocycles. The van der Waals surface area contributed by atoms with Gasteiger partial charge in [-0.05, 0) is 48.5 Å². The lowest BCUT2D eigenvalue weighted by molar-refractivity contribution is 0.354. The average molecular weight is 212 g/mol. The summed E-state index contributed by atoms with van der Waals surface area (Å²) in [6.07, 6.45) is 1.78. The van der Waals surface area contributed by atoms with E-state index < -0.39 is 0 Å². The van der Waals surface area contributed by atoms with Crippen molar-refractivity contribution < 1.29 is 14.6 Å². The van der Waals surface area contributed by atoms with Crippen molar-refractivity contribution in [2.75, 3.05) is 0 Å². The molecule has 0 bridgehead atoms. The predicted octanol–water partition coefficient (Wildman–Crippen LogP) is 3.08. The number of carbonyl (C=O) groups excluding carboxylic acids is 1. The molecule has 2 aromatic rings. The Kier molecular flexibility index (Phi) is 2.87. The van der Waals surface area contributed by atoms with E-state index in [0.29, 0.717) is 17.1 Å². The van der Waals surface area contributed by atoms with Gasteiger partial charge in [0, 0.05) is 5.56 Å². The SMILES string of the molecule is [O]c1ccc(Oc2ccc([C]=O)cc2)cc1. The molecule has 16 heavy (non-hydrogen) atoms. The number of hydrogen-bond donors (Lipinski definition) is 0. The van der Waals surface area contributed by atoms with Gasteiger partial charge >= 0.3 is 0 Å². The van der Waals surface area contributed by atoms with E-state index >= 15 is 0 Å². The van der Waals surface area contributed by atoms with Gasteiger partial charge in [0.15, 0.2) is 5.75 Å². The van der Waals surface area contributed by atoms with Crippen LogP contribution in [-0.4, -0.2) is 6.29 Å². The quantitative estimate of drug-likeness (QED) is 0.784. The fourth-order valence-corrected chi connectivity index (χ4v) is 1.23. The van der Waals surface area contributed by atoms with Gasteiger partial charge in [0.05, 0.1) is 0 Å². The molecule has 0 atom stereocenters. The molecule has 0 saturated heterocycles. The van der Waals surface area contributed by atoms with Gasteiger partial charge in [-0.15, -0.1) is 0 Å². The van der Waals surface area contributed by atoms with Gasteiger partial charge in [0.25, 0.3) is 0 Å². The van der Waals surface area contributed by atoms with Crippen LogP contribution in [0.2, 0.25) is 0 Å². The number of benzene rings is 2. The Morgan fingerprint density at radius 3 is 1.81 bits per heavy atom. The standard InChI is InChI=1S/C13H8O3/c14-9-10-1-5-12(6-2-10)16-13-7-3-11(15)4-8-13/h1-8H. The Balaban J connectivity index is 2.14. The van der Waals surface area contributed by atoms with Gasteiger partial charge in [0.2, 0.25) is 6.29 Å². The fraction of sp³-hybridized carbons (Fsp3) is 0. The van der Waals surface area contributed by atoms with Crippen LogP contribution in [0.4, 0.5) is 0 Å². The van der Waals surface area contributed by atoms with Crippen molar-refractivity contribution in [2.24, 2.45) is 0 Å². The van der Waals surface area contributed by atoms with Gasteiger partial charge in [-0.1, -0.05) is 0 Å². The Morgan fingerprint density at radius 1 is 0.812 bits per heavy atom. The van der Waals surface area contributed by atoms with E-state index in [0.717, 1.165) is 0 Å². The Bertz CT molecular complexity index is 472. The first kappa shape index (κ1) is 10.2. The molecule has 0 unspecified atom stereocenters. The van der Waals surface area contributed by atoms with Crippen molar-refractivity contribution in [1.82, 2.24) is 0 Å². The molecule has 3 heteroatoms. The Labute approximate surface area is 92.9 Å². The van der Waals surface area contributed by atoms with Crippen LogP contribution in [0.25, 0.3) is 0 Å². The lowest BCUT2D eigenvalue weighted by atomic mass is 10.2. The van der Waals surface area contributed by atoms with E-state index in [9.17, 15) is 9.90 Å². The summed E-state index contributed by atoms with van der Waals surface area (Å²) in [4.78, 5) is 10.3. The summed E-state index contributed by atoms with van der Waals surface area (Å²) in [5, 5.41) is 10.9. The summed E-state index contributed by atoms with van der Waals surface area (Å²) in [5.41, 5.74) is 0.474. The van der Waals surface area contributed by atoms with Crippen LogP contribution in [0.15, 0.2) is 48.5 Å². The van der Waals surface area contributed by atoms with Gasteiger partial charge in [-0.25, -0.2) is 0 Å². The first-order valence-electron chi connectivity index (χ1n) is 4.71. The van der Waals surface area contributed by atoms with Gasteiger partial charge in [-0.3, -0.25) is 9.90 Å². The van der Waals surface area contributed by atoms with Gasteiger partial charge in [-0.2, -0.15) is 0 Å². The summed E-state index contributed by atoms with van der Waals surface area (Å²) in [6.45, 7) is 0. The van der Waals surface area contributed by atoms with Crippen molar-refractivity contribution in [3.63, 3.8) is 0 Å². The molecule has 0 fully saturated rings. The highest BCUT2D eigenvalue weighted by molar-refractivity contribution is 5.75. The molecule has 0 aliphatic rings. The zero-order valence-electron chi connectivity index (χ0n) is 8.34. The normalized spacial score (nSPS) is 9.75. The molecule has 0 spiro atoms. The number of rotatable bonds is 3. The minimum Gasteiger partial charge on any atom is -0.457 e. The molecule has 0 heterocycles. The van der Waals surface area contributed by atoms with Crippen molar-refractivity contribution in [3.8, 4) is 17.2 Å². The maximum Gasteiger partial charge on any atom is 0.233 e. The molecule has 2 rings (SSSR count). The molecule has 2 aromatic carbocycles. The second-order valence-corrected chi connectivity index (χ2v) is 3.20. The molecular weight excluding hydrogens is 204 g/mol. The van der Waals surface area contributed by atoms with Crippen LogP contribution in [-0.2, 0) is 9.90 Å². The van der Waals surface area contributed by atoms with E-state index in [-0.39, 0.29) is 5.75 Å². The van der Waals surface area contributed by atoms with Crippen molar-refractivity contribution in [1.29, 1.82) is 0 Å². The first-order chi connectivity index (χ1) is 7.78. The second kappa shape index (κ2) is 4.49. The lowest BCUT2D eigenvalue weighted by Crippen LogP contribution is -1.84. The van der Waals surface area contributed by atoms with Gasteiger partial charge < -0.3 is 4.74 Å². The minimum atomic E-state index is -0.0572. The number of ether oxygens (including phenoxy) is 1. The van der Waals surface area contributed by atoms with Crippen LogP contribution >= 0.6 is 0 Å². The van der Waals surface area contributed by atoms with E-state index in [1.165, 1.54) is 12.1 Å². The third-order valence-corrected chi connectivity index (χ3v) is 2.03. The monoisotopic (exact) mass is 212 g/mol. The topological polar surface area (TPSA) is 46.2 Å². The summed E-state index contributed by atoms with van der Waals surface area (Å²) in [5.74, 6) is 1.14. The molecule has 0 N–H and O–H groups in total. The van der Waals surface area contributed by atoms with Crippen molar-refractivity contribution in [2.45, 2.75) is 0 Å². The van der Waals surface area contributed by atoms with E-state index in [1.54, 1.807) is 42.7 Å². The molecule has 78 valence electrons. The van der Waals surface area contributed by atoms with Crippen LogP contribution in [0.5, 0.6) is 17.2 Å². The van der Waals surface area contributed by atoms with E-state index in [4.69, 9.17) is 4.74 Å². The highest BCUT2D eigenvalue weighted by Gasteiger charge is 1.98. The third kappa shape index (κ3) is 2.39. The van der Waals surface area contributed by atoms with Crippen molar-refractivity contribution in [3.05, 3.63) is 54.1 Å². The molecule has 0 aliphatic carbocycles. The smallest absolute Gasteiger partial charge is 0.233 e. The maximum absolute atomic E-state index is 10.9. The first-order valence-corrected chi connectivity index (χ1v) is 4.71. The van der Waals surface area contributed by atoms with Crippen molar-refractivity contribution >= 4 is 6.29 Å². The van der Waals surface area contributed by atoms with Crippen LogP contribution < -0.4 is 4.74 Å². The maximum atomic E-state index is 10.9. The molecule has 3 nitrogen and oxygen atoms in total. The van der Waals surface area contributed by atoms with Crippen LogP contribution in [0.1, 0.15) is 5.56 Å². The molecule has 0 amide bonds. The lowest BCUT2D eigenvalue weighted by Gasteiger charge is -2.04. The highest BCUT2D eigenvalue weighted by atomic mass is 16.5. The Morgan fingerprint density at radius 2 is 1.31 bits per heavy atom. The summed E-state index contributed by atoms with van der Waals surface area (Å²) in [6, 6.07) is 12.6. The minimum absolute atomic E-state index is 0.0572. The molecular formula is C13H8O3. The van der Waals surface area contributed by atoms with E-state index in [2.05, 4.69) is 0 Å². The van der Waals surface area contributed by atoms with Gasteiger partial charge in [0.1, 0.15) is 11.5 Å². The Hall–Kier alpha value is -2.29. The second-order valence-electron chi connectivity index (χ2n) is 3.20. The highest BCUT2D eigenvalue weighted by Crippen LogP contribution is 2.23. The third-order valence-electron chi connectivity index (χ3n) is 2.03. The number of hydrogen-bond acceptors (Lipinski definition) is 2. The zero-order chi connectivity index (χ0) is 11.4. The molecule has 0 aliphatic heterocycles. The largest absolute Gasteiger partial charge is 0.457 e. The summed E-state index contributed by atoms with van der Waals surface area (Å²) < 4.78 is 5.46. The van der Waals surface area contributed by atoms with Crippen LogP contribution in [0.3, 0.4) is 0 Å². The predicted molar refractivity (Wildman–Crippen MR) is 57.9 cm³/mol. The zero-order valence-corrected chi connectivity index (χ0v) is 8.34. The van der Waals surface area contributed by atoms with E-state index in [1.807, 2.05) is 0 Å². The fourth-order valence-electron chi connectivity index (χ4n) is 1.23. The summed E-state index contributed by atoms with van der Waals surface area (Å²) >= 11 is 0. The summed E-state index contributed by atoms with van der Waals surface area (Å²) in [7, 11) is 0. The molecule has 0 aromatic heterocycles. The van der Waals surface area contributed by atoms with Crippen LogP contribution in [0, 0.1) is 0 Å². The average Bonchev–Trinajstić information content (AvgIpc) is 2.33. The molecule has 2 radical (unpaired) electrons.